The predicted molar refractivity (Wildman–Crippen MR) is 155 cm³/mol. The van der Waals surface area contributed by atoms with E-state index in [4.69, 9.17) is 0 Å². The third kappa shape index (κ3) is 6.01. The zero-order valence-corrected chi connectivity index (χ0v) is 24.2. The monoisotopic (exact) mass is 563 g/mol. The second kappa shape index (κ2) is 10.9. The molecular formula is C31H41N5O5. The van der Waals surface area contributed by atoms with Crippen molar-refractivity contribution in [2.24, 2.45) is 10.8 Å². The molecule has 3 fully saturated rings. The number of nitrogens with one attached hydrogen (secondary N) is 4. The Kier molecular flexibility index (Phi) is 7.70. The summed E-state index contributed by atoms with van der Waals surface area (Å²) in [6.07, 6.45) is 10.6. The van der Waals surface area contributed by atoms with Crippen molar-refractivity contribution in [3.05, 3.63) is 36.4 Å². The summed E-state index contributed by atoms with van der Waals surface area (Å²) in [6, 6.07) is 4.47. The lowest BCUT2D eigenvalue weighted by atomic mass is 9.74. The van der Waals surface area contributed by atoms with E-state index in [1.54, 1.807) is 41.3 Å². The van der Waals surface area contributed by atoms with E-state index in [2.05, 4.69) is 21.3 Å². The van der Waals surface area contributed by atoms with E-state index in [1.807, 2.05) is 20.8 Å². The van der Waals surface area contributed by atoms with E-state index in [9.17, 15) is 24.0 Å². The van der Waals surface area contributed by atoms with Crippen molar-refractivity contribution in [2.75, 3.05) is 17.2 Å². The number of carbonyl (C=O) groups excluding carboxylic acids is 5. The molecule has 41 heavy (non-hydrogen) atoms. The van der Waals surface area contributed by atoms with Crippen LogP contribution in [0.15, 0.2) is 36.4 Å². The summed E-state index contributed by atoms with van der Waals surface area (Å²) < 4.78 is 0. The zero-order valence-electron chi connectivity index (χ0n) is 24.2. The Morgan fingerprint density at radius 3 is 2.32 bits per heavy atom. The van der Waals surface area contributed by atoms with Gasteiger partial charge in [-0.15, -0.1) is 0 Å². The van der Waals surface area contributed by atoms with Gasteiger partial charge in [-0.3, -0.25) is 19.2 Å². The quantitative estimate of drug-likeness (QED) is 0.320. The minimum atomic E-state index is -1.19. The Labute approximate surface area is 241 Å². The molecule has 10 nitrogen and oxygen atoms in total. The van der Waals surface area contributed by atoms with Gasteiger partial charge < -0.3 is 26.2 Å². The number of allylic oxidation sites excluding steroid dienone is 1. The predicted octanol–water partition coefficient (Wildman–Crippen LogP) is 3.89. The van der Waals surface area contributed by atoms with Crippen LogP contribution in [-0.4, -0.2) is 58.6 Å². The molecule has 10 heteroatoms. The van der Waals surface area contributed by atoms with Gasteiger partial charge in [0.05, 0.1) is 11.4 Å². The number of likely N-dealkylation sites (tertiary alicyclic amines) is 1. The number of anilines is 2. The molecule has 4 aliphatic rings. The van der Waals surface area contributed by atoms with E-state index in [0.29, 0.717) is 50.0 Å². The highest BCUT2D eigenvalue weighted by Crippen LogP contribution is 2.77. The van der Waals surface area contributed by atoms with Gasteiger partial charge in [-0.05, 0) is 88.7 Å². The molecule has 1 aromatic carbocycles. The average Bonchev–Trinajstić information content (AvgIpc) is 3.38. The van der Waals surface area contributed by atoms with E-state index in [1.165, 1.54) is 6.42 Å². The van der Waals surface area contributed by atoms with E-state index in [-0.39, 0.29) is 22.8 Å². The molecule has 2 heterocycles. The molecule has 1 aromatic rings. The van der Waals surface area contributed by atoms with Crippen LogP contribution in [0, 0.1) is 10.8 Å². The van der Waals surface area contributed by atoms with Crippen molar-refractivity contribution in [1.82, 2.24) is 15.5 Å². The van der Waals surface area contributed by atoms with E-state index < -0.39 is 35.2 Å². The minimum Gasteiger partial charge on any atom is -0.340 e. The van der Waals surface area contributed by atoms with Gasteiger partial charge in [0, 0.05) is 18.5 Å². The maximum absolute atomic E-state index is 13.8. The number of rotatable bonds is 2. The number of benzene rings is 1. The first-order chi connectivity index (χ1) is 19.4. The van der Waals surface area contributed by atoms with Gasteiger partial charge in [0.25, 0.3) is 5.91 Å². The van der Waals surface area contributed by atoms with Crippen molar-refractivity contribution in [1.29, 1.82) is 0 Å². The molecule has 0 aromatic heterocycles. The molecule has 3 atom stereocenters. The molecule has 5 amide bonds. The Hall–Kier alpha value is -3.69. The van der Waals surface area contributed by atoms with Gasteiger partial charge in [0.15, 0.2) is 0 Å². The second-order valence-electron chi connectivity index (χ2n) is 13.2. The van der Waals surface area contributed by atoms with Crippen molar-refractivity contribution in [3.8, 4) is 0 Å². The number of Topliss-reactive ketones (excluding diaryl/α,β-unsaturated/α-hetero) is 1. The zero-order chi connectivity index (χ0) is 29.4. The molecule has 0 radical (unpaired) electrons. The summed E-state index contributed by atoms with van der Waals surface area (Å²) >= 11 is 0. The van der Waals surface area contributed by atoms with Gasteiger partial charge in [0.2, 0.25) is 17.6 Å². The molecule has 2 saturated carbocycles. The number of carbonyl (C=O) groups is 5. The molecule has 5 rings (SSSR count). The number of nitrogens with zero attached hydrogens (tertiary/aromatic N) is 1. The number of para-hydroxylation sites is 2. The van der Waals surface area contributed by atoms with Crippen LogP contribution in [0.5, 0.6) is 0 Å². The maximum atomic E-state index is 13.8. The van der Waals surface area contributed by atoms with Gasteiger partial charge in [0.1, 0.15) is 12.1 Å². The molecule has 2 spiro atoms. The third-order valence-electron chi connectivity index (χ3n) is 9.07. The van der Waals surface area contributed by atoms with Gasteiger partial charge in [-0.25, -0.2) is 4.79 Å². The number of hydrogen-bond acceptors (Lipinski definition) is 5. The lowest BCUT2D eigenvalue weighted by Gasteiger charge is -2.31. The lowest BCUT2D eigenvalue weighted by molar-refractivity contribution is -0.137. The highest BCUT2D eigenvalue weighted by atomic mass is 16.2. The van der Waals surface area contributed by atoms with Crippen LogP contribution in [0.25, 0.3) is 0 Å². The number of ketones is 1. The largest absolute Gasteiger partial charge is 0.340 e. The Morgan fingerprint density at radius 1 is 0.976 bits per heavy atom. The van der Waals surface area contributed by atoms with Gasteiger partial charge in [-0.1, -0.05) is 30.7 Å². The number of hydrogen-bond donors (Lipinski definition) is 4. The van der Waals surface area contributed by atoms with Crippen LogP contribution in [0.3, 0.4) is 0 Å². The van der Waals surface area contributed by atoms with Crippen LogP contribution in [-0.2, 0) is 19.2 Å². The summed E-state index contributed by atoms with van der Waals surface area (Å²) in [5.74, 6) is -2.33. The summed E-state index contributed by atoms with van der Waals surface area (Å²) in [5, 5.41) is 11.2. The normalized spacial score (nSPS) is 28.6. The van der Waals surface area contributed by atoms with Crippen LogP contribution in [0.2, 0.25) is 0 Å². The molecule has 0 bridgehead atoms. The first-order valence-corrected chi connectivity index (χ1v) is 14.7. The Bertz CT molecular complexity index is 1280. The number of amides is 5. The van der Waals surface area contributed by atoms with Crippen molar-refractivity contribution in [3.63, 3.8) is 0 Å². The third-order valence-corrected chi connectivity index (χ3v) is 9.07. The van der Waals surface area contributed by atoms with E-state index >= 15 is 0 Å². The highest BCUT2D eigenvalue weighted by Gasteiger charge is 2.73. The number of fused-ring (bicyclic) bond motifs is 2. The van der Waals surface area contributed by atoms with E-state index in [0.717, 1.165) is 19.3 Å². The van der Waals surface area contributed by atoms with Crippen molar-refractivity contribution >= 4 is 40.9 Å². The molecule has 1 saturated heterocycles. The first kappa shape index (κ1) is 28.8. The Balaban J connectivity index is 1.36. The molecule has 220 valence electrons. The van der Waals surface area contributed by atoms with Crippen molar-refractivity contribution in [2.45, 2.75) is 96.2 Å². The molecule has 4 N–H and O–H groups in total. The molecule has 1 unspecified atom stereocenters. The molecular weight excluding hydrogens is 522 g/mol. The van der Waals surface area contributed by atoms with Crippen LogP contribution < -0.4 is 21.3 Å². The summed E-state index contributed by atoms with van der Waals surface area (Å²) in [5.41, 5.74) is 0.399. The van der Waals surface area contributed by atoms with Crippen LogP contribution >= 0.6 is 0 Å². The van der Waals surface area contributed by atoms with Crippen LogP contribution in [0.4, 0.5) is 16.2 Å². The van der Waals surface area contributed by atoms with Gasteiger partial charge in [-0.2, -0.15) is 0 Å². The average molecular weight is 564 g/mol. The standard InChI is InChI=1S/C31H41N5O5/c1-29(2,3)35-28(41)36-19-31(18-30(31)15-10-16-30)17-23(36)26(39)34-22-13-6-4-5-7-14-24(37)32-20-11-8-9-12-21(20)33-27(40)25(22)38/h6,8-9,11-13,22-23H,4-5,7,10,14-19H2,1-3H3,(H,32,37)(H,33,40)(H,34,39)(H,35,41)/b13-6+/t22?,23-,31-/m0/s1. The fraction of sp³-hybridized carbons (Fsp3) is 0.581. The maximum Gasteiger partial charge on any atom is 0.318 e. The van der Waals surface area contributed by atoms with Gasteiger partial charge >= 0.3 is 6.03 Å². The first-order valence-electron chi connectivity index (χ1n) is 14.7. The second-order valence-corrected chi connectivity index (χ2v) is 13.2. The fourth-order valence-corrected chi connectivity index (χ4v) is 6.72. The summed E-state index contributed by atoms with van der Waals surface area (Å²) in [4.78, 5) is 67.6. The smallest absolute Gasteiger partial charge is 0.318 e. The minimum absolute atomic E-state index is 0.0584. The van der Waals surface area contributed by atoms with Crippen molar-refractivity contribution < 1.29 is 24.0 Å². The summed E-state index contributed by atoms with van der Waals surface area (Å²) in [7, 11) is 0. The van der Waals surface area contributed by atoms with Crippen LogP contribution in [0.1, 0.15) is 78.6 Å². The summed E-state index contributed by atoms with van der Waals surface area (Å²) in [6.45, 7) is 6.22. The lowest BCUT2D eigenvalue weighted by Crippen LogP contribution is -2.55. The highest BCUT2D eigenvalue weighted by molar-refractivity contribution is 6.43. The fourth-order valence-electron chi connectivity index (χ4n) is 6.72. The topological polar surface area (TPSA) is 137 Å². The number of urea groups is 1. The molecule has 2 aliphatic carbocycles. The molecule has 2 aliphatic heterocycles. The Morgan fingerprint density at radius 2 is 1.68 bits per heavy atom. The SMILES string of the molecule is CC(C)(C)NC(=O)N1C[C@]2(C[C@H]1C(=O)NC1/C=C/CCCCC(=O)Nc3ccccc3NC(=O)C1=O)CC21CCC1.